The molecular weight excluding hydrogens is 182 g/mol. The van der Waals surface area contributed by atoms with Crippen LogP contribution in [0.2, 0.25) is 0 Å². The highest BCUT2D eigenvalue weighted by atomic mass is 19.1. The van der Waals surface area contributed by atoms with Crippen molar-refractivity contribution in [3.05, 3.63) is 36.5 Å². The Morgan fingerprint density at radius 1 is 1.43 bits per heavy atom. The second-order valence-electron chi connectivity index (χ2n) is 3.55. The second-order valence-corrected chi connectivity index (χ2v) is 3.55. The molecule has 1 fully saturated rings. The number of allylic oxidation sites excluding steroid dienone is 3. The van der Waals surface area contributed by atoms with Crippen LogP contribution in [0.25, 0.3) is 0 Å². The molecule has 0 N–H and O–H groups in total. The number of hydrogen-bond donors (Lipinski definition) is 0. The first-order valence-electron chi connectivity index (χ1n) is 4.84. The zero-order valence-electron chi connectivity index (χ0n) is 8.89. The van der Waals surface area contributed by atoms with Crippen LogP contribution in [0.5, 0.6) is 0 Å². The van der Waals surface area contributed by atoms with Crippen LogP contribution in [0.4, 0.5) is 8.78 Å². The van der Waals surface area contributed by atoms with E-state index in [-0.39, 0.29) is 0 Å². The highest BCUT2D eigenvalue weighted by Gasteiger charge is 2.15. The van der Waals surface area contributed by atoms with E-state index in [1.807, 2.05) is 0 Å². The van der Waals surface area contributed by atoms with E-state index in [0.29, 0.717) is 18.6 Å². The van der Waals surface area contributed by atoms with Crippen molar-refractivity contribution in [2.24, 2.45) is 5.92 Å². The SMILES string of the molecule is C/C=C\F.C=C1CC(C)CC/C1=C\F. The van der Waals surface area contributed by atoms with Gasteiger partial charge in [-0.1, -0.05) is 19.6 Å². The first-order valence-corrected chi connectivity index (χ1v) is 4.84. The summed E-state index contributed by atoms with van der Waals surface area (Å²) in [6, 6.07) is 0. The molecule has 0 spiro atoms. The van der Waals surface area contributed by atoms with E-state index in [1.54, 1.807) is 6.92 Å². The van der Waals surface area contributed by atoms with Crippen LogP contribution in [0.15, 0.2) is 36.5 Å². The molecule has 1 unspecified atom stereocenters. The molecule has 0 aliphatic heterocycles. The Balaban J connectivity index is 0.000000364. The minimum atomic E-state index is 0.500. The zero-order valence-corrected chi connectivity index (χ0v) is 8.89. The molecule has 1 rings (SSSR count). The molecule has 1 atom stereocenters. The fourth-order valence-corrected chi connectivity index (χ4v) is 1.36. The molecular formula is C12H18F2. The van der Waals surface area contributed by atoms with Crippen LogP contribution in [0.3, 0.4) is 0 Å². The van der Waals surface area contributed by atoms with E-state index in [9.17, 15) is 8.78 Å². The summed E-state index contributed by atoms with van der Waals surface area (Å²) in [5.74, 6) is 0.691. The summed E-state index contributed by atoms with van der Waals surface area (Å²) in [4.78, 5) is 0. The maximum absolute atomic E-state index is 12.0. The largest absolute Gasteiger partial charge is 0.216 e. The lowest BCUT2D eigenvalue weighted by Gasteiger charge is -2.21. The van der Waals surface area contributed by atoms with Crippen molar-refractivity contribution in [1.29, 1.82) is 0 Å². The van der Waals surface area contributed by atoms with Crippen molar-refractivity contribution in [2.75, 3.05) is 0 Å². The Kier molecular flexibility index (Phi) is 6.99. The highest BCUT2D eigenvalue weighted by Crippen LogP contribution is 2.31. The van der Waals surface area contributed by atoms with Crippen LogP contribution in [-0.2, 0) is 0 Å². The van der Waals surface area contributed by atoms with Crippen molar-refractivity contribution in [3.8, 4) is 0 Å². The zero-order chi connectivity index (χ0) is 11.0. The summed E-state index contributed by atoms with van der Waals surface area (Å²) in [7, 11) is 0. The van der Waals surface area contributed by atoms with Gasteiger partial charge >= 0.3 is 0 Å². The van der Waals surface area contributed by atoms with Gasteiger partial charge in [0.1, 0.15) is 0 Å². The predicted octanol–water partition coefficient (Wildman–Crippen LogP) is 4.71. The van der Waals surface area contributed by atoms with Gasteiger partial charge in [0, 0.05) is 0 Å². The first-order chi connectivity index (χ1) is 6.65. The van der Waals surface area contributed by atoms with Crippen LogP contribution in [0, 0.1) is 5.92 Å². The maximum atomic E-state index is 12.0. The second kappa shape index (κ2) is 7.48. The minimum Gasteiger partial charge on any atom is -0.216 e. The molecule has 0 aromatic rings. The molecule has 1 aliphatic rings. The van der Waals surface area contributed by atoms with E-state index in [0.717, 1.165) is 30.4 Å². The van der Waals surface area contributed by atoms with Gasteiger partial charge in [-0.25, -0.2) is 8.78 Å². The third-order valence-electron chi connectivity index (χ3n) is 2.21. The molecule has 1 aliphatic carbocycles. The average Bonchev–Trinajstić information content (AvgIpc) is 2.18. The third-order valence-corrected chi connectivity index (χ3v) is 2.21. The average molecular weight is 200 g/mol. The summed E-state index contributed by atoms with van der Waals surface area (Å²) in [6.45, 7) is 7.61. The molecule has 0 heterocycles. The summed E-state index contributed by atoms with van der Waals surface area (Å²) >= 11 is 0. The summed E-state index contributed by atoms with van der Waals surface area (Å²) in [6.07, 6.45) is 5.48. The van der Waals surface area contributed by atoms with Gasteiger partial charge < -0.3 is 0 Å². The van der Waals surface area contributed by atoms with Gasteiger partial charge in [0.2, 0.25) is 0 Å². The van der Waals surface area contributed by atoms with Crippen molar-refractivity contribution in [2.45, 2.75) is 33.1 Å². The Morgan fingerprint density at radius 3 is 2.36 bits per heavy atom. The van der Waals surface area contributed by atoms with Crippen molar-refractivity contribution in [1.82, 2.24) is 0 Å². The smallest absolute Gasteiger partial charge is 0.0901 e. The van der Waals surface area contributed by atoms with Gasteiger partial charge in [-0.2, -0.15) is 0 Å². The molecule has 0 saturated heterocycles. The van der Waals surface area contributed by atoms with E-state index in [2.05, 4.69) is 13.5 Å². The lowest BCUT2D eigenvalue weighted by molar-refractivity contribution is 0.492. The highest BCUT2D eigenvalue weighted by molar-refractivity contribution is 5.28. The molecule has 0 amide bonds. The minimum absolute atomic E-state index is 0.500. The molecule has 0 aromatic carbocycles. The van der Waals surface area contributed by atoms with E-state index >= 15 is 0 Å². The Hall–Kier alpha value is -0.920. The van der Waals surface area contributed by atoms with E-state index < -0.39 is 0 Å². The van der Waals surface area contributed by atoms with Crippen molar-refractivity contribution >= 4 is 0 Å². The topological polar surface area (TPSA) is 0 Å². The van der Waals surface area contributed by atoms with Gasteiger partial charge in [0.25, 0.3) is 0 Å². The summed E-state index contributed by atoms with van der Waals surface area (Å²) in [5.41, 5.74) is 1.80. The van der Waals surface area contributed by atoms with E-state index in [1.165, 1.54) is 6.08 Å². The van der Waals surface area contributed by atoms with Crippen molar-refractivity contribution < 1.29 is 8.78 Å². The number of hydrogen-bond acceptors (Lipinski definition) is 0. The molecule has 2 heteroatoms. The molecule has 1 saturated carbocycles. The molecule has 0 bridgehead atoms. The third kappa shape index (κ3) is 4.95. The number of halogens is 2. The normalized spacial score (nSPS) is 25.0. The van der Waals surface area contributed by atoms with Gasteiger partial charge in [0.15, 0.2) is 0 Å². The molecule has 0 nitrogen and oxygen atoms in total. The van der Waals surface area contributed by atoms with Gasteiger partial charge in [-0.05, 0) is 43.3 Å². The van der Waals surface area contributed by atoms with Crippen LogP contribution < -0.4 is 0 Å². The van der Waals surface area contributed by atoms with Gasteiger partial charge in [-0.3, -0.25) is 0 Å². The summed E-state index contributed by atoms with van der Waals surface area (Å²) in [5, 5.41) is 0. The van der Waals surface area contributed by atoms with Gasteiger partial charge in [0.05, 0.1) is 12.7 Å². The van der Waals surface area contributed by atoms with Crippen LogP contribution >= 0.6 is 0 Å². The Morgan fingerprint density at radius 2 is 2.00 bits per heavy atom. The van der Waals surface area contributed by atoms with Crippen LogP contribution in [-0.4, -0.2) is 0 Å². The molecule has 80 valence electrons. The Bertz CT molecular complexity index is 222. The van der Waals surface area contributed by atoms with Gasteiger partial charge in [-0.15, -0.1) is 0 Å². The molecule has 0 aromatic heterocycles. The van der Waals surface area contributed by atoms with Crippen molar-refractivity contribution in [3.63, 3.8) is 0 Å². The maximum Gasteiger partial charge on any atom is 0.0901 e. The molecule has 0 radical (unpaired) electrons. The predicted molar refractivity (Wildman–Crippen MR) is 57.3 cm³/mol. The fraction of sp³-hybridized carbons (Fsp3) is 0.500. The first kappa shape index (κ1) is 13.1. The lowest BCUT2D eigenvalue weighted by atomic mass is 9.84. The van der Waals surface area contributed by atoms with Crippen LogP contribution in [0.1, 0.15) is 33.1 Å². The standard InChI is InChI=1S/C9H13F.C3H5F/c1-7-3-4-9(6-10)8(2)5-7;1-2-3-4/h6-7H,2-5H2,1H3;2-3H,1H3/b9-6+;3-2-. The fourth-order valence-electron chi connectivity index (χ4n) is 1.36. The monoisotopic (exact) mass is 200 g/mol. The van der Waals surface area contributed by atoms with E-state index in [4.69, 9.17) is 0 Å². The molecule has 14 heavy (non-hydrogen) atoms. The Labute approximate surface area is 85.0 Å². The summed E-state index contributed by atoms with van der Waals surface area (Å²) < 4.78 is 22.6. The lowest BCUT2D eigenvalue weighted by Crippen LogP contribution is -2.05. The quantitative estimate of drug-likeness (QED) is 0.531. The number of rotatable bonds is 0.